The highest BCUT2D eigenvalue weighted by Gasteiger charge is 1.97. The lowest BCUT2D eigenvalue weighted by molar-refractivity contribution is 0.900. The van der Waals surface area contributed by atoms with Crippen molar-refractivity contribution in [3.05, 3.63) is 97.6 Å². The maximum absolute atomic E-state index is 12.1. The van der Waals surface area contributed by atoms with Crippen LogP contribution in [0, 0.1) is 0 Å². The van der Waals surface area contributed by atoms with Crippen LogP contribution in [0.1, 0.15) is 5.56 Å². The van der Waals surface area contributed by atoms with Crippen LogP contribution in [-0.4, -0.2) is 9.97 Å². The molecule has 0 aliphatic heterocycles. The highest BCUT2D eigenvalue weighted by Crippen LogP contribution is 2.17. The molecule has 0 radical (unpaired) electrons. The monoisotopic (exact) mass is 351 g/mol. The van der Waals surface area contributed by atoms with Gasteiger partial charge in [-0.25, -0.2) is 4.79 Å². The molecule has 0 spiro atoms. The second kappa shape index (κ2) is 8.21. The Hall–Kier alpha value is -2.99. The lowest BCUT2D eigenvalue weighted by atomic mass is 10.2. The van der Waals surface area contributed by atoms with Gasteiger partial charge in [0.25, 0.3) is 5.56 Å². The first-order valence-electron chi connectivity index (χ1n) is 7.74. The van der Waals surface area contributed by atoms with Crippen LogP contribution in [0.3, 0.4) is 0 Å². The zero-order chi connectivity index (χ0) is 17.5. The summed E-state index contributed by atoms with van der Waals surface area (Å²) in [6.45, 7) is 0.588. The number of benzene rings is 2. The SMILES string of the molecule is O=c1[nH]c(=O)c(=C\NCc2ccccc2)/c(=C\Sc2ccccc2)[nH]1. The summed E-state index contributed by atoms with van der Waals surface area (Å²) >= 11 is 1.44. The molecule has 0 atom stereocenters. The van der Waals surface area contributed by atoms with Crippen LogP contribution in [0.2, 0.25) is 0 Å². The van der Waals surface area contributed by atoms with Gasteiger partial charge in [0.1, 0.15) is 0 Å². The summed E-state index contributed by atoms with van der Waals surface area (Å²) in [5.74, 6) is 0. The molecular formula is C19H17N3O2S. The highest BCUT2D eigenvalue weighted by atomic mass is 32.2. The van der Waals surface area contributed by atoms with Crippen LogP contribution < -0.4 is 27.1 Å². The summed E-state index contributed by atoms with van der Waals surface area (Å²) in [6, 6.07) is 19.6. The van der Waals surface area contributed by atoms with Gasteiger partial charge in [0.05, 0.1) is 10.6 Å². The van der Waals surface area contributed by atoms with Gasteiger partial charge < -0.3 is 10.3 Å². The summed E-state index contributed by atoms with van der Waals surface area (Å²) in [5.41, 5.74) is 0.151. The average molecular weight is 351 g/mol. The first-order valence-corrected chi connectivity index (χ1v) is 8.62. The Labute approximate surface area is 148 Å². The molecule has 25 heavy (non-hydrogen) atoms. The fourth-order valence-corrected chi connectivity index (χ4v) is 3.00. The van der Waals surface area contributed by atoms with E-state index in [1.54, 1.807) is 11.6 Å². The van der Waals surface area contributed by atoms with E-state index in [1.807, 2.05) is 60.7 Å². The predicted molar refractivity (Wildman–Crippen MR) is 101 cm³/mol. The maximum Gasteiger partial charge on any atom is 0.326 e. The van der Waals surface area contributed by atoms with E-state index in [1.165, 1.54) is 11.8 Å². The number of hydrogen-bond donors (Lipinski definition) is 3. The second-order valence-electron chi connectivity index (χ2n) is 5.30. The Kier molecular flexibility index (Phi) is 5.53. The van der Waals surface area contributed by atoms with Crippen molar-refractivity contribution < 1.29 is 0 Å². The molecule has 0 fully saturated rings. The van der Waals surface area contributed by atoms with E-state index in [-0.39, 0.29) is 0 Å². The van der Waals surface area contributed by atoms with Crippen molar-refractivity contribution in [2.45, 2.75) is 11.4 Å². The molecule has 3 rings (SSSR count). The van der Waals surface area contributed by atoms with Gasteiger partial charge in [-0.2, -0.15) is 0 Å². The second-order valence-corrected chi connectivity index (χ2v) is 6.24. The van der Waals surface area contributed by atoms with Crippen molar-refractivity contribution in [2.24, 2.45) is 0 Å². The molecule has 6 heteroatoms. The number of H-pyrrole nitrogens is 2. The number of nitrogens with one attached hydrogen (secondary N) is 3. The van der Waals surface area contributed by atoms with E-state index in [2.05, 4.69) is 15.3 Å². The Morgan fingerprint density at radius 3 is 2.32 bits per heavy atom. The molecule has 0 bridgehead atoms. The fourth-order valence-electron chi connectivity index (χ4n) is 2.24. The Balaban J connectivity index is 1.91. The van der Waals surface area contributed by atoms with Crippen LogP contribution in [0.25, 0.3) is 11.6 Å². The quantitative estimate of drug-likeness (QED) is 0.602. The minimum atomic E-state index is -0.523. The summed E-state index contributed by atoms with van der Waals surface area (Å²) in [6.07, 6.45) is 1.62. The average Bonchev–Trinajstić information content (AvgIpc) is 2.63. The standard InChI is InChI=1S/C19H17N3O2S/c23-18-16(12-20-11-14-7-3-1-4-8-14)17(21-19(24)22-18)13-25-15-9-5-2-6-10-15/h1-10,12-13,20H,11H2,(H2,21,22,23,24)/b16-12-,17-13+. The normalized spacial score (nSPS) is 12.3. The largest absolute Gasteiger partial charge is 0.386 e. The molecule has 1 aromatic heterocycles. The number of aromatic amines is 2. The van der Waals surface area contributed by atoms with Crippen molar-refractivity contribution in [3.8, 4) is 0 Å². The third-order valence-corrected chi connectivity index (χ3v) is 4.36. The number of hydrogen-bond acceptors (Lipinski definition) is 4. The van der Waals surface area contributed by atoms with E-state index in [0.717, 1.165) is 10.5 Å². The molecule has 3 N–H and O–H groups in total. The molecule has 1 heterocycles. The maximum atomic E-state index is 12.1. The molecular weight excluding hydrogens is 334 g/mol. The number of aromatic nitrogens is 2. The van der Waals surface area contributed by atoms with Crippen molar-refractivity contribution in [3.63, 3.8) is 0 Å². The molecule has 0 unspecified atom stereocenters. The Bertz CT molecular complexity index is 1060. The molecule has 0 saturated carbocycles. The molecule has 3 aromatic rings. The lowest BCUT2D eigenvalue weighted by Gasteiger charge is -2.00. The lowest BCUT2D eigenvalue weighted by Crippen LogP contribution is -2.49. The van der Waals surface area contributed by atoms with Crippen molar-refractivity contribution in [1.29, 1.82) is 0 Å². The zero-order valence-electron chi connectivity index (χ0n) is 13.4. The van der Waals surface area contributed by atoms with Gasteiger partial charge in [-0.3, -0.25) is 9.78 Å². The van der Waals surface area contributed by atoms with Crippen LogP contribution in [0.5, 0.6) is 0 Å². The molecule has 0 saturated heterocycles. The van der Waals surface area contributed by atoms with E-state index in [4.69, 9.17) is 0 Å². The van der Waals surface area contributed by atoms with Crippen LogP contribution in [-0.2, 0) is 6.54 Å². The molecule has 2 aromatic carbocycles. The van der Waals surface area contributed by atoms with Gasteiger partial charge in [-0.1, -0.05) is 60.3 Å². The molecule has 126 valence electrons. The van der Waals surface area contributed by atoms with Gasteiger partial charge in [-0.05, 0) is 17.7 Å². The first kappa shape index (κ1) is 16.9. The van der Waals surface area contributed by atoms with Crippen molar-refractivity contribution in [1.82, 2.24) is 15.3 Å². The first-order chi connectivity index (χ1) is 12.2. The van der Waals surface area contributed by atoms with E-state index in [0.29, 0.717) is 17.1 Å². The van der Waals surface area contributed by atoms with Gasteiger partial charge in [0.15, 0.2) is 0 Å². The van der Waals surface area contributed by atoms with E-state index >= 15 is 0 Å². The summed E-state index contributed by atoms with van der Waals surface area (Å²) in [4.78, 5) is 29.7. The van der Waals surface area contributed by atoms with Crippen LogP contribution in [0.4, 0.5) is 0 Å². The Morgan fingerprint density at radius 1 is 0.920 bits per heavy atom. The highest BCUT2D eigenvalue weighted by molar-refractivity contribution is 8.06. The Morgan fingerprint density at radius 2 is 1.60 bits per heavy atom. The minimum Gasteiger partial charge on any atom is -0.386 e. The van der Waals surface area contributed by atoms with Gasteiger partial charge in [0, 0.05) is 23.0 Å². The summed E-state index contributed by atoms with van der Waals surface area (Å²) < 4.78 is 0. The fraction of sp³-hybridized carbons (Fsp3) is 0.0526. The van der Waals surface area contributed by atoms with Gasteiger partial charge in [-0.15, -0.1) is 0 Å². The van der Waals surface area contributed by atoms with Crippen molar-refractivity contribution in [2.75, 3.05) is 0 Å². The molecule has 0 aliphatic carbocycles. The van der Waals surface area contributed by atoms with Gasteiger partial charge in [0.2, 0.25) is 0 Å². The predicted octanol–water partition coefficient (Wildman–Crippen LogP) is 1.12. The zero-order valence-corrected chi connectivity index (χ0v) is 14.2. The third kappa shape index (κ3) is 4.74. The van der Waals surface area contributed by atoms with Crippen LogP contribution in [0.15, 0.2) is 75.1 Å². The molecule has 5 nitrogen and oxygen atoms in total. The smallest absolute Gasteiger partial charge is 0.326 e. The van der Waals surface area contributed by atoms with E-state index < -0.39 is 11.2 Å². The number of thioether (sulfide) groups is 1. The van der Waals surface area contributed by atoms with Crippen LogP contribution >= 0.6 is 11.8 Å². The summed E-state index contributed by atoms with van der Waals surface area (Å²) in [5, 5.41) is 5.75. The van der Waals surface area contributed by atoms with Gasteiger partial charge >= 0.3 is 5.69 Å². The summed E-state index contributed by atoms with van der Waals surface area (Å²) in [7, 11) is 0. The van der Waals surface area contributed by atoms with E-state index in [9.17, 15) is 9.59 Å². The topological polar surface area (TPSA) is 77.8 Å². The molecule has 0 amide bonds. The number of rotatable bonds is 5. The minimum absolute atomic E-state index is 0.388. The molecule has 0 aliphatic rings. The third-order valence-electron chi connectivity index (χ3n) is 3.46. The van der Waals surface area contributed by atoms with Crippen molar-refractivity contribution >= 4 is 23.4 Å².